The van der Waals surface area contributed by atoms with Crippen LogP contribution in [0.4, 0.5) is 22.7 Å². The number of nitrogens with one attached hydrogen (secondary N) is 1. The molecule has 9 heteroatoms. The van der Waals surface area contributed by atoms with Gasteiger partial charge in [-0.1, -0.05) is 18.7 Å². The summed E-state index contributed by atoms with van der Waals surface area (Å²) in [7, 11) is 0. The third-order valence-corrected chi connectivity index (χ3v) is 6.19. The number of hydrogen-bond donors (Lipinski definition) is 1. The lowest BCUT2D eigenvalue weighted by molar-refractivity contribution is 0.510. The maximum atomic E-state index is 14.6. The molecule has 0 atom stereocenters. The normalized spacial score (nSPS) is 11.1. The molecular formula is C27H18F4N4S. The molecule has 3 aromatic heterocycles. The molecule has 5 aromatic rings. The highest BCUT2D eigenvalue weighted by Gasteiger charge is 2.21. The van der Waals surface area contributed by atoms with Crippen molar-refractivity contribution in [3.05, 3.63) is 108 Å². The minimum atomic E-state index is -1.06. The molecule has 0 unspecified atom stereocenters. The van der Waals surface area contributed by atoms with E-state index < -0.39 is 11.6 Å². The van der Waals surface area contributed by atoms with Gasteiger partial charge in [0.1, 0.15) is 23.8 Å². The number of halogens is 4. The molecule has 2 aromatic carbocycles. The molecule has 0 saturated carbocycles. The smallest absolute Gasteiger partial charge is 0.169 e. The number of rotatable bonds is 6. The fraction of sp³-hybridized carbons (Fsp3) is 0.0370. The van der Waals surface area contributed by atoms with Gasteiger partial charge in [0.2, 0.25) is 0 Å². The molecule has 0 aliphatic carbocycles. The predicted molar refractivity (Wildman–Crippen MR) is 135 cm³/mol. The van der Waals surface area contributed by atoms with Crippen molar-refractivity contribution in [1.82, 2.24) is 14.4 Å². The summed E-state index contributed by atoms with van der Waals surface area (Å²) in [5.41, 5.74) is 4.13. The molecule has 3 heterocycles. The Kier molecular flexibility index (Phi) is 6.24. The summed E-state index contributed by atoms with van der Waals surface area (Å²) in [6, 6.07) is 15.0. The van der Waals surface area contributed by atoms with Gasteiger partial charge in [0, 0.05) is 46.2 Å². The van der Waals surface area contributed by atoms with Gasteiger partial charge >= 0.3 is 0 Å². The van der Waals surface area contributed by atoms with E-state index in [0.717, 1.165) is 6.07 Å². The molecule has 0 amide bonds. The number of pyridine rings is 2. The van der Waals surface area contributed by atoms with E-state index >= 15 is 0 Å². The van der Waals surface area contributed by atoms with Gasteiger partial charge in [0.05, 0.1) is 11.1 Å². The lowest BCUT2D eigenvalue weighted by Gasteiger charge is -2.14. The summed E-state index contributed by atoms with van der Waals surface area (Å²) >= 11 is -0.0798. The van der Waals surface area contributed by atoms with Gasteiger partial charge < -0.3 is 5.32 Å². The Hall–Kier alpha value is -4.11. The van der Waals surface area contributed by atoms with Crippen LogP contribution in [0.2, 0.25) is 0 Å². The van der Waals surface area contributed by atoms with E-state index in [1.807, 2.05) is 13.0 Å². The van der Waals surface area contributed by atoms with Crippen molar-refractivity contribution in [2.75, 3.05) is 5.32 Å². The number of benzene rings is 2. The fourth-order valence-corrected chi connectivity index (χ4v) is 4.42. The molecule has 0 aliphatic rings. The van der Waals surface area contributed by atoms with E-state index in [1.165, 1.54) is 28.7 Å². The first-order chi connectivity index (χ1) is 17.4. The Morgan fingerprint density at radius 2 is 1.75 bits per heavy atom. The number of imidazole rings is 1. The van der Waals surface area contributed by atoms with Crippen molar-refractivity contribution in [3.63, 3.8) is 0 Å². The standard InChI is InChI=1S/C27H18F4N4S/c1-15-22(16(2)33-19-10-8-18(28)9-11-19)13-17(14-32-15)20-6-4-12-35-25(20)27(36-31)34-26(35)21-5-3-7-23(29)24(21)30/h3-14,33H,2H2,1H3. The van der Waals surface area contributed by atoms with Crippen molar-refractivity contribution in [1.29, 1.82) is 0 Å². The Balaban J connectivity index is 1.62. The van der Waals surface area contributed by atoms with Crippen LogP contribution in [0.15, 0.2) is 84.7 Å². The van der Waals surface area contributed by atoms with Gasteiger partial charge in [-0.3, -0.25) is 9.38 Å². The second-order valence-corrected chi connectivity index (χ2v) is 8.57. The van der Waals surface area contributed by atoms with Crippen LogP contribution in [0.5, 0.6) is 0 Å². The zero-order valence-corrected chi connectivity index (χ0v) is 19.7. The first-order valence-electron chi connectivity index (χ1n) is 10.8. The minimum Gasteiger partial charge on any atom is -0.355 e. The van der Waals surface area contributed by atoms with Crippen LogP contribution < -0.4 is 5.32 Å². The molecular weight excluding hydrogens is 488 g/mol. The minimum absolute atomic E-state index is 0.00894. The van der Waals surface area contributed by atoms with Gasteiger partial charge in [-0.15, -0.1) is 0 Å². The molecule has 180 valence electrons. The zero-order valence-electron chi connectivity index (χ0n) is 18.9. The zero-order chi connectivity index (χ0) is 25.4. The summed E-state index contributed by atoms with van der Waals surface area (Å²) in [5.74, 6) is -2.35. The molecule has 0 saturated heterocycles. The summed E-state index contributed by atoms with van der Waals surface area (Å²) in [5, 5.41) is 3.15. The van der Waals surface area contributed by atoms with Crippen LogP contribution in [-0.2, 0) is 0 Å². The maximum Gasteiger partial charge on any atom is 0.169 e. The fourth-order valence-electron chi connectivity index (χ4n) is 4.02. The van der Waals surface area contributed by atoms with Crippen molar-refractivity contribution in [3.8, 4) is 22.5 Å². The van der Waals surface area contributed by atoms with Gasteiger partial charge in [-0.2, -0.15) is 3.89 Å². The van der Waals surface area contributed by atoms with Crippen LogP contribution in [0.25, 0.3) is 33.7 Å². The summed E-state index contributed by atoms with van der Waals surface area (Å²) in [6.07, 6.45) is 3.25. The van der Waals surface area contributed by atoms with E-state index in [2.05, 4.69) is 21.9 Å². The number of fused-ring (bicyclic) bond motifs is 1. The molecule has 0 fully saturated rings. The first-order valence-corrected chi connectivity index (χ1v) is 11.5. The molecule has 1 N–H and O–H groups in total. The SMILES string of the molecule is C=C(Nc1ccc(F)cc1)c1cc(-c2cccn3c(-c4cccc(F)c4F)nc(SF)c23)cnc1C. The first kappa shape index (κ1) is 23.6. The summed E-state index contributed by atoms with van der Waals surface area (Å²) in [4.78, 5) is 8.75. The molecule has 36 heavy (non-hydrogen) atoms. The van der Waals surface area contributed by atoms with E-state index in [4.69, 9.17) is 0 Å². The van der Waals surface area contributed by atoms with Crippen molar-refractivity contribution in [2.24, 2.45) is 0 Å². The number of aromatic nitrogens is 3. The second-order valence-electron chi connectivity index (χ2n) is 8.03. The van der Waals surface area contributed by atoms with Crippen LogP contribution in [0, 0.1) is 24.4 Å². The van der Waals surface area contributed by atoms with Crippen LogP contribution in [-0.4, -0.2) is 14.4 Å². The third-order valence-electron chi connectivity index (χ3n) is 5.76. The molecule has 0 aliphatic heterocycles. The van der Waals surface area contributed by atoms with Gasteiger partial charge in [-0.25, -0.2) is 18.2 Å². The number of hydrogen-bond acceptors (Lipinski definition) is 4. The average molecular weight is 507 g/mol. The number of aryl methyl sites for hydroxylation is 1. The lowest BCUT2D eigenvalue weighted by Crippen LogP contribution is -2.02. The molecule has 0 radical (unpaired) electrons. The third kappa shape index (κ3) is 4.22. The Labute approximate surface area is 208 Å². The molecule has 0 spiro atoms. The van der Waals surface area contributed by atoms with Crippen LogP contribution in [0.3, 0.4) is 0 Å². The Morgan fingerprint density at radius 1 is 1.00 bits per heavy atom. The maximum absolute atomic E-state index is 14.6. The second kappa shape index (κ2) is 9.50. The Morgan fingerprint density at radius 3 is 2.50 bits per heavy atom. The van der Waals surface area contributed by atoms with Crippen molar-refractivity contribution < 1.29 is 17.1 Å². The number of anilines is 1. The molecule has 4 nitrogen and oxygen atoms in total. The number of nitrogens with zero attached hydrogens (tertiary/aromatic N) is 3. The average Bonchev–Trinajstić information content (AvgIpc) is 3.26. The van der Waals surface area contributed by atoms with Gasteiger partial charge in [0.25, 0.3) is 0 Å². The van der Waals surface area contributed by atoms with Gasteiger partial charge in [-0.05, 0) is 55.5 Å². The predicted octanol–water partition coefficient (Wildman–Crippen LogP) is 7.85. The summed E-state index contributed by atoms with van der Waals surface area (Å²) in [6.45, 7) is 5.92. The highest BCUT2D eigenvalue weighted by molar-refractivity contribution is 7.94. The monoisotopic (exact) mass is 506 g/mol. The van der Waals surface area contributed by atoms with E-state index in [0.29, 0.717) is 39.3 Å². The van der Waals surface area contributed by atoms with E-state index in [-0.39, 0.29) is 34.4 Å². The lowest BCUT2D eigenvalue weighted by atomic mass is 10.0. The van der Waals surface area contributed by atoms with E-state index in [9.17, 15) is 17.1 Å². The van der Waals surface area contributed by atoms with Crippen LogP contribution >= 0.6 is 12.1 Å². The largest absolute Gasteiger partial charge is 0.355 e. The highest BCUT2D eigenvalue weighted by Crippen LogP contribution is 2.37. The van der Waals surface area contributed by atoms with E-state index in [1.54, 1.807) is 36.7 Å². The molecule has 5 rings (SSSR count). The quantitative estimate of drug-likeness (QED) is 0.238. The van der Waals surface area contributed by atoms with Crippen molar-refractivity contribution >= 4 is 29.0 Å². The van der Waals surface area contributed by atoms with Gasteiger partial charge in [0.15, 0.2) is 16.7 Å². The topological polar surface area (TPSA) is 42.2 Å². The van der Waals surface area contributed by atoms with Crippen LogP contribution in [0.1, 0.15) is 11.3 Å². The highest BCUT2D eigenvalue weighted by atomic mass is 32.2. The van der Waals surface area contributed by atoms with Crippen molar-refractivity contribution in [2.45, 2.75) is 11.9 Å². The summed E-state index contributed by atoms with van der Waals surface area (Å²) < 4.78 is 57.3. The molecule has 0 bridgehead atoms. The Bertz CT molecular complexity index is 1610.